The third kappa shape index (κ3) is 5.27. The van der Waals surface area contributed by atoms with Crippen molar-refractivity contribution in [3.63, 3.8) is 0 Å². The number of nitrogens with one attached hydrogen (secondary N) is 1. The highest BCUT2D eigenvalue weighted by atomic mass is 79.9. The summed E-state index contributed by atoms with van der Waals surface area (Å²) in [7, 11) is 2.54. The van der Waals surface area contributed by atoms with Crippen molar-refractivity contribution in [1.82, 2.24) is 5.32 Å². The number of esters is 1. The Kier molecular flexibility index (Phi) is 6.89. The summed E-state index contributed by atoms with van der Waals surface area (Å²) < 4.78 is 10.4. The molecule has 2 aromatic rings. The second kappa shape index (κ2) is 9.13. The summed E-state index contributed by atoms with van der Waals surface area (Å²) in [6, 6.07) is 10.0. The van der Waals surface area contributed by atoms with E-state index in [1.165, 1.54) is 26.4 Å². The SMILES string of the molecule is COC(=O)[C@@H](Cc1ccc(OC)c([N+](=O)[O-])c1)NC(=O)c1cccc(Br)c1. The summed E-state index contributed by atoms with van der Waals surface area (Å²) in [5.41, 5.74) is 0.614. The number of hydrogen-bond donors (Lipinski definition) is 1. The number of nitro groups is 1. The molecule has 0 spiro atoms. The molecule has 0 bridgehead atoms. The van der Waals surface area contributed by atoms with E-state index in [9.17, 15) is 19.7 Å². The Balaban J connectivity index is 2.25. The molecule has 0 radical (unpaired) electrons. The number of nitro benzene ring substituents is 1. The molecule has 0 heterocycles. The van der Waals surface area contributed by atoms with Crippen LogP contribution >= 0.6 is 15.9 Å². The lowest BCUT2D eigenvalue weighted by Gasteiger charge is -2.17. The fourth-order valence-electron chi connectivity index (χ4n) is 2.45. The summed E-state index contributed by atoms with van der Waals surface area (Å²) in [5, 5.41) is 13.8. The first-order valence-corrected chi connectivity index (χ1v) is 8.60. The second-order valence-electron chi connectivity index (χ2n) is 5.53. The molecule has 0 aliphatic carbocycles. The van der Waals surface area contributed by atoms with Crippen LogP contribution in [0.15, 0.2) is 46.9 Å². The zero-order chi connectivity index (χ0) is 20.0. The molecule has 0 saturated heterocycles. The number of rotatable bonds is 7. The number of amides is 1. The van der Waals surface area contributed by atoms with Crippen molar-refractivity contribution in [1.29, 1.82) is 0 Å². The Morgan fingerprint density at radius 1 is 1.22 bits per heavy atom. The van der Waals surface area contributed by atoms with E-state index >= 15 is 0 Å². The molecule has 0 saturated carbocycles. The highest BCUT2D eigenvalue weighted by Gasteiger charge is 2.24. The van der Waals surface area contributed by atoms with Crippen molar-refractivity contribution in [3.05, 3.63) is 68.2 Å². The lowest BCUT2D eigenvalue weighted by molar-refractivity contribution is -0.385. The fourth-order valence-corrected chi connectivity index (χ4v) is 2.85. The van der Waals surface area contributed by atoms with Gasteiger partial charge >= 0.3 is 11.7 Å². The van der Waals surface area contributed by atoms with Gasteiger partial charge in [-0.3, -0.25) is 14.9 Å². The van der Waals surface area contributed by atoms with Gasteiger partial charge in [0.05, 0.1) is 19.1 Å². The summed E-state index contributed by atoms with van der Waals surface area (Å²) in [6.07, 6.45) is 0.0251. The van der Waals surface area contributed by atoms with Crippen LogP contribution in [0.5, 0.6) is 5.75 Å². The van der Waals surface area contributed by atoms with E-state index in [0.717, 1.165) is 4.47 Å². The predicted molar refractivity (Wildman–Crippen MR) is 101 cm³/mol. The summed E-state index contributed by atoms with van der Waals surface area (Å²) in [6.45, 7) is 0. The van der Waals surface area contributed by atoms with Crippen molar-refractivity contribution in [2.45, 2.75) is 12.5 Å². The van der Waals surface area contributed by atoms with E-state index in [0.29, 0.717) is 11.1 Å². The number of carbonyl (C=O) groups excluding carboxylic acids is 2. The first-order valence-electron chi connectivity index (χ1n) is 7.81. The van der Waals surface area contributed by atoms with Gasteiger partial charge in [-0.05, 0) is 29.8 Å². The van der Waals surface area contributed by atoms with E-state index in [1.54, 1.807) is 30.3 Å². The molecule has 8 nitrogen and oxygen atoms in total. The van der Waals surface area contributed by atoms with Gasteiger partial charge in [0.2, 0.25) is 0 Å². The highest BCUT2D eigenvalue weighted by Crippen LogP contribution is 2.28. The molecule has 0 fully saturated rings. The summed E-state index contributed by atoms with van der Waals surface area (Å²) in [4.78, 5) is 35.1. The summed E-state index contributed by atoms with van der Waals surface area (Å²) >= 11 is 3.28. The topological polar surface area (TPSA) is 108 Å². The van der Waals surface area contributed by atoms with E-state index in [-0.39, 0.29) is 17.9 Å². The van der Waals surface area contributed by atoms with Crippen molar-refractivity contribution >= 4 is 33.5 Å². The standard InChI is InChI=1S/C18H17BrN2O6/c1-26-16-7-6-11(9-15(16)21(24)25)8-14(18(23)27-2)20-17(22)12-4-3-5-13(19)10-12/h3-7,9-10,14H,8H2,1-2H3,(H,20,22)/t14-/m1/s1. The first-order chi connectivity index (χ1) is 12.8. The second-order valence-corrected chi connectivity index (χ2v) is 6.44. The Labute approximate surface area is 163 Å². The minimum absolute atomic E-state index is 0.0251. The number of ether oxygens (including phenoxy) is 2. The van der Waals surface area contributed by atoms with Crippen LogP contribution in [0.3, 0.4) is 0 Å². The largest absolute Gasteiger partial charge is 0.490 e. The molecule has 0 aliphatic heterocycles. The normalized spacial score (nSPS) is 11.4. The first kappa shape index (κ1) is 20.4. The molecule has 1 N–H and O–H groups in total. The molecule has 1 amide bonds. The quantitative estimate of drug-likeness (QED) is 0.406. The molecule has 142 valence electrons. The molecule has 9 heteroatoms. The maximum Gasteiger partial charge on any atom is 0.328 e. The van der Waals surface area contributed by atoms with Gasteiger partial charge in [-0.25, -0.2) is 4.79 Å². The van der Waals surface area contributed by atoms with Crippen LogP contribution in [-0.4, -0.2) is 37.1 Å². The molecule has 2 aromatic carbocycles. The molecule has 2 rings (SSSR count). The molecule has 1 atom stereocenters. The van der Waals surface area contributed by atoms with Crippen molar-refractivity contribution in [3.8, 4) is 5.75 Å². The Morgan fingerprint density at radius 3 is 2.56 bits per heavy atom. The minimum atomic E-state index is -1.01. The zero-order valence-electron chi connectivity index (χ0n) is 14.6. The Morgan fingerprint density at radius 2 is 1.96 bits per heavy atom. The maximum atomic E-state index is 12.4. The van der Waals surface area contributed by atoms with Crippen molar-refractivity contribution in [2.75, 3.05) is 14.2 Å². The number of methoxy groups -OCH3 is 2. The van der Waals surface area contributed by atoms with E-state index in [4.69, 9.17) is 9.47 Å². The van der Waals surface area contributed by atoms with Crippen molar-refractivity contribution < 1.29 is 24.0 Å². The monoisotopic (exact) mass is 436 g/mol. The molecule has 0 aliphatic rings. The molecular weight excluding hydrogens is 420 g/mol. The number of carbonyl (C=O) groups is 2. The van der Waals surface area contributed by atoms with Gasteiger partial charge in [-0.15, -0.1) is 0 Å². The van der Waals surface area contributed by atoms with E-state index < -0.39 is 22.8 Å². The van der Waals surface area contributed by atoms with Gasteiger partial charge in [-0.1, -0.05) is 28.1 Å². The molecule has 0 unspecified atom stereocenters. The number of benzene rings is 2. The molecule has 0 aromatic heterocycles. The maximum absolute atomic E-state index is 12.4. The Hall–Kier alpha value is -2.94. The van der Waals surface area contributed by atoms with Gasteiger partial charge in [0.25, 0.3) is 5.91 Å². The zero-order valence-corrected chi connectivity index (χ0v) is 16.2. The Bertz CT molecular complexity index is 871. The number of hydrogen-bond acceptors (Lipinski definition) is 6. The smallest absolute Gasteiger partial charge is 0.328 e. The third-order valence-corrected chi connectivity index (χ3v) is 4.25. The van der Waals surface area contributed by atoms with E-state index in [2.05, 4.69) is 21.2 Å². The van der Waals surface area contributed by atoms with Gasteiger partial charge in [-0.2, -0.15) is 0 Å². The van der Waals surface area contributed by atoms with Crippen LogP contribution in [0.1, 0.15) is 15.9 Å². The van der Waals surface area contributed by atoms with Crippen LogP contribution in [0.4, 0.5) is 5.69 Å². The number of nitrogens with zero attached hydrogens (tertiary/aromatic N) is 1. The van der Waals surface area contributed by atoms with Crippen LogP contribution in [-0.2, 0) is 16.0 Å². The van der Waals surface area contributed by atoms with E-state index in [1.807, 2.05) is 0 Å². The van der Waals surface area contributed by atoms with Crippen LogP contribution in [0, 0.1) is 10.1 Å². The van der Waals surface area contributed by atoms with Crippen LogP contribution < -0.4 is 10.1 Å². The molecule has 27 heavy (non-hydrogen) atoms. The average molecular weight is 437 g/mol. The van der Waals surface area contributed by atoms with Gasteiger partial charge in [0, 0.05) is 22.5 Å². The third-order valence-electron chi connectivity index (χ3n) is 3.76. The minimum Gasteiger partial charge on any atom is -0.490 e. The van der Waals surface area contributed by atoms with Crippen LogP contribution in [0.2, 0.25) is 0 Å². The van der Waals surface area contributed by atoms with Crippen LogP contribution in [0.25, 0.3) is 0 Å². The summed E-state index contributed by atoms with van der Waals surface area (Å²) in [5.74, 6) is -1.01. The predicted octanol–water partition coefficient (Wildman–Crippen LogP) is 2.88. The number of halogens is 1. The van der Waals surface area contributed by atoms with Gasteiger partial charge in [0.15, 0.2) is 5.75 Å². The lowest BCUT2D eigenvalue weighted by Crippen LogP contribution is -2.43. The van der Waals surface area contributed by atoms with Crippen molar-refractivity contribution in [2.24, 2.45) is 0 Å². The fraction of sp³-hybridized carbons (Fsp3) is 0.222. The molecular formula is C18H17BrN2O6. The van der Waals surface area contributed by atoms with Gasteiger partial charge < -0.3 is 14.8 Å². The average Bonchev–Trinajstić information content (AvgIpc) is 2.66. The lowest BCUT2D eigenvalue weighted by atomic mass is 10.0. The van der Waals surface area contributed by atoms with Gasteiger partial charge in [0.1, 0.15) is 6.04 Å². The highest BCUT2D eigenvalue weighted by molar-refractivity contribution is 9.10.